The number of likely N-dealkylation sites (tertiary alicyclic amines) is 2. The van der Waals surface area contributed by atoms with Crippen LogP contribution in [0.3, 0.4) is 0 Å². The van der Waals surface area contributed by atoms with Gasteiger partial charge in [-0.3, -0.25) is 9.69 Å². The number of carboxylic acid groups (broad SMARTS) is 1. The van der Waals surface area contributed by atoms with Gasteiger partial charge in [-0.25, -0.2) is 9.59 Å². The average Bonchev–Trinajstić information content (AvgIpc) is 3.21. The van der Waals surface area contributed by atoms with Gasteiger partial charge in [0.2, 0.25) is 5.91 Å². The Bertz CT molecular complexity index is 688. The molecule has 2 aliphatic rings. The molecule has 0 aromatic heterocycles. The number of rotatable bonds is 5. The van der Waals surface area contributed by atoms with E-state index in [0.29, 0.717) is 32.6 Å². The van der Waals surface area contributed by atoms with E-state index in [1.807, 2.05) is 30.3 Å². The van der Waals surface area contributed by atoms with Gasteiger partial charge in [-0.05, 0) is 37.2 Å². The first-order chi connectivity index (χ1) is 13.5. The van der Waals surface area contributed by atoms with Crippen LogP contribution in [0.25, 0.3) is 0 Å². The van der Waals surface area contributed by atoms with Gasteiger partial charge in [0, 0.05) is 26.2 Å². The number of amides is 3. The van der Waals surface area contributed by atoms with Gasteiger partial charge < -0.3 is 20.1 Å². The highest BCUT2D eigenvalue weighted by molar-refractivity contribution is 5.86. The molecule has 8 nitrogen and oxygen atoms in total. The number of nitrogens with one attached hydrogen (secondary N) is 1. The molecular weight excluding hydrogens is 362 g/mol. The lowest BCUT2D eigenvalue weighted by atomic mass is 9.97. The summed E-state index contributed by atoms with van der Waals surface area (Å²) in [5, 5.41) is 11.9. The maximum Gasteiger partial charge on any atom is 0.410 e. The standard InChI is InChI=1S/C20H27N3O5/c24-18(21-13-15-8-11-22(12-9-15)19(25)26)17-7-4-10-23(17)20(27)28-14-16-5-2-1-3-6-16/h1-3,5-6,15,17H,4,7-14H2,(H,21,24)(H,25,26)/t17-/m0/s1. The molecule has 1 aromatic rings. The van der Waals surface area contributed by atoms with Crippen molar-refractivity contribution < 1.29 is 24.2 Å². The summed E-state index contributed by atoms with van der Waals surface area (Å²) in [5.41, 5.74) is 0.906. The van der Waals surface area contributed by atoms with Crippen molar-refractivity contribution >= 4 is 18.1 Å². The van der Waals surface area contributed by atoms with Crippen LogP contribution >= 0.6 is 0 Å². The summed E-state index contributed by atoms with van der Waals surface area (Å²) in [6.07, 6.45) is 1.52. The van der Waals surface area contributed by atoms with Crippen LogP contribution in [0.5, 0.6) is 0 Å². The Kier molecular flexibility index (Phi) is 6.73. The van der Waals surface area contributed by atoms with E-state index in [9.17, 15) is 14.4 Å². The van der Waals surface area contributed by atoms with Crippen molar-refractivity contribution in [1.82, 2.24) is 15.1 Å². The van der Waals surface area contributed by atoms with E-state index in [1.54, 1.807) is 0 Å². The van der Waals surface area contributed by atoms with E-state index in [-0.39, 0.29) is 18.4 Å². The third-order valence-electron chi connectivity index (χ3n) is 5.45. The minimum absolute atomic E-state index is 0.158. The summed E-state index contributed by atoms with van der Waals surface area (Å²) in [5.74, 6) is 0.106. The molecule has 2 aliphatic heterocycles. The molecule has 0 saturated carbocycles. The fourth-order valence-electron chi connectivity index (χ4n) is 3.75. The minimum Gasteiger partial charge on any atom is -0.465 e. The Balaban J connectivity index is 1.44. The number of hydrogen-bond donors (Lipinski definition) is 2. The maximum atomic E-state index is 12.6. The molecule has 3 rings (SSSR count). The molecular formula is C20H27N3O5. The first-order valence-electron chi connectivity index (χ1n) is 9.77. The lowest BCUT2D eigenvalue weighted by Crippen LogP contribution is -2.48. The summed E-state index contributed by atoms with van der Waals surface area (Å²) in [4.78, 5) is 38.8. The average molecular weight is 389 g/mol. The van der Waals surface area contributed by atoms with E-state index >= 15 is 0 Å². The van der Waals surface area contributed by atoms with Crippen molar-refractivity contribution in [3.8, 4) is 0 Å². The van der Waals surface area contributed by atoms with Crippen LogP contribution in [-0.2, 0) is 16.1 Å². The highest BCUT2D eigenvalue weighted by atomic mass is 16.6. The number of nitrogens with zero attached hydrogens (tertiary/aromatic N) is 2. The summed E-state index contributed by atoms with van der Waals surface area (Å²) in [6, 6.07) is 8.94. The van der Waals surface area contributed by atoms with E-state index in [2.05, 4.69) is 5.32 Å². The van der Waals surface area contributed by atoms with Gasteiger partial charge in [0.05, 0.1) is 0 Å². The van der Waals surface area contributed by atoms with E-state index in [1.165, 1.54) is 9.80 Å². The molecule has 0 bridgehead atoms. The predicted molar refractivity (Wildman–Crippen MR) is 102 cm³/mol. The number of carbonyl (C=O) groups is 3. The van der Waals surface area contributed by atoms with Crippen LogP contribution in [0.4, 0.5) is 9.59 Å². The zero-order valence-corrected chi connectivity index (χ0v) is 15.9. The largest absolute Gasteiger partial charge is 0.465 e. The summed E-state index contributed by atoms with van der Waals surface area (Å²) in [7, 11) is 0. The van der Waals surface area contributed by atoms with Crippen molar-refractivity contribution in [2.75, 3.05) is 26.2 Å². The Labute approximate surface area is 164 Å². The fourth-order valence-corrected chi connectivity index (χ4v) is 3.75. The van der Waals surface area contributed by atoms with Crippen molar-refractivity contribution in [2.45, 2.75) is 38.3 Å². The van der Waals surface area contributed by atoms with Gasteiger partial charge in [0.25, 0.3) is 0 Å². The van der Waals surface area contributed by atoms with Crippen LogP contribution in [-0.4, -0.2) is 65.2 Å². The Hall–Kier alpha value is -2.77. The van der Waals surface area contributed by atoms with Crippen molar-refractivity contribution in [1.29, 1.82) is 0 Å². The highest BCUT2D eigenvalue weighted by Gasteiger charge is 2.35. The minimum atomic E-state index is -0.891. The monoisotopic (exact) mass is 389 g/mol. The Morgan fingerprint density at radius 2 is 1.79 bits per heavy atom. The smallest absolute Gasteiger partial charge is 0.410 e. The predicted octanol–water partition coefficient (Wildman–Crippen LogP) is 2.29. The highest BCUT2D eigenvalue weighted by Crippen LogP contribution is 2.20. The van der Waals surface area contributed by atoms with Gasteiger partial charge in [0.15, 0.2) is 0 Å². The molecule has 0 spiro atoms. The number of benzene rings is 1. The quantitative estimate of drug-likeness (QED) is 0.805. The van der Waals surface area contributed by atoms with Crippen LogP contribution in [0.2, 0.25) is 0 Å². The summed E-state index contributed by atoms with van der Waals surface area (Å²) >= 11 is 0. The summed E-state index contributed by atoms with van der Waals surface area (Å²) in [6.45, 7) is 2.21. The first-order valence-corrected chi connectivity index (χ1v) is 9.77. The molecule has 8 heteroatoms. The molecule has 2 saturated heterocycles. The number of ether oxygens (including phenoxy) is 1. The van der Waals surface area contributed by atoms with Crippen molar-refractivity contribution in [3.05, 3.63) is 35.9 Å². The first kappa shape index (κ1) is 20.0. The molecule has 1 atom stereocenters. The zero-order chi connectivity index (χ0) is 19.9. The molecule has 3 amide bonds. The third-order valence-corrected chi connectivity index (χ3v) is 5.45. The number of carbonyl (C=O) groups excluding carboxylic acids is 2. The molecule has 2 N–H and O–H groups in total. The number of piperidine rings is 1. The molecule has 1 aromatic carbocycles. The summed E-state index contributed by atoms with van der Waals surface area (Å²) < 4.78 is 5.37. The SMILES string of the molecule is O=C(NCC1CCN(C(=O)O)CC1)[C@@H]1CCCN1C(=O)OCc1ccccc1. The lowest BCUT2D eigenvalue weighted by molar-refractivity contribution is -0.125. The maximum absolute atomic E-state index is 12.6. The lowest BCUT2D eigenvalue weighted by Gasteiger charge is -2.30. The van der Waals surface area contributed by atoms with Gasteiger partial charge in [0.1, 0.15) is 12.6 Å². The van der Waals surface area contributed by atoms with Crippen LogP contribution in [0.1, 0.15) is 31.2 Å². The second-order valence-electron chi connectivity index (χ2n) is 7.35. The third kappa shape index (κ3) is 5.15. The van der Waals surface area contributed by atoms with E-state index in [4.69, 9.17) is 9.84 Å². The van der Waals surface area contributed by atoms with Crippen molar-refractivity contribution in [3.63, 3.8) is 0 Å². The molecule has 0 radical (unpaired) electrons. The van der Waals surface area contributed by atoms with Gasteiger partial charge in [-0.1, -0.05) is 30.3 Å². The van der Waals surface area contributed by atoms with Gasteiger partial charge in [-0.15, -0.1) is 0 Å². The van der Waals surface area contributed by atoms with Gasteiger partial charge in [-0.2, -0.15) is 0 Å². The molecule has 2 heterocycles. The second kappa shape index (κ2) is 9.43. The van der Waals surface area contributed by atoms with Crippen LogP contribution in [0, 0.1) is 5.92 Å². The normalized spacial score (nSPS) is 20.1. The molecule has 28 heavy (non-hydrogen) atoms. The topological polar surface area (TPSA) is 99.2 Å². The Morgan fingerprint density at radius 1 is 1.07 bits per heavy atom. The second-order valence-corrected chi connectivity index (χ2v) is 7.35. The number of hydrogen-bond acceptors (Lipinski definition) is 4. The zero-order valence-electron chi connectivity index (χ0n) is 15.9. The molecule has 0 aliphatic carbocycles. The van der Waals surface area contributed by atoms with E-state index in [0.717, 1.165) is 24.8 Å². The van der Waals surface area contributed by atoms with Crippen LogP contribution < -0.4 is 5.32 Å². The van der Waals surface area contributed by atoms with Crippen molar-refractivity contribution in [2.24, 2.45) is 5.92 Å². The van der Waals surface area contributed by atoms with E-state index < -0.39 is 18.2 Å². The van der Waals surface area contributed by atoms with Gasteiger partial charge >= 0.3 is 12.2 Å². The molecule has 152 valence electrons. The molecule has 2 fully saturated rings. The molecule has 0 unspecified atom stereocenters. The fraction of sp³-hybridized carbons (Fsp3) is 0.550. The Morgan fingerprint density at radius 3 is 2.46 bits per heavy atom. The van der Waals surface area contributed by atoms with Crippen LogP contribution in [0.15, 0.2) is 30.3 Å².